The summed E-state index contributed by atoms with van der Waals surface area (Å²) in [5.41, 5.74) is 2.22. The second kappa shape index (κ2) is 8.15. The van der Waals surface area contributed by atoms with Gasteiger partial charge in [-0.1, -0.05) is 66.2 Å². The molecule has 4 aromatic rings. The molecule has 0 atom stereocenters. The van der Waals surface area contributed by atoms with Crippen molar-refractivity contribution in [3.05, 3.63) is 107 Å². The molecule has 0 aliphatic rings. The second-order valence-electron chi connectivity index (χ2n) is 6.43. The summed E-state index contributed by atoms with van der Waals surface area (Å²) in [6.45, 7) is 0.359. The highest BCUT2D eigenvalue weighted by molar-refractivity contribution is 6.30. The van der Waals surface area contributed by atoms with Crippen LogP contribution in [0.15, 0.2) is 91.0 Å². The molecule has 0 radical (unpaired) electrons. The third-order valence-electron chi connectivity index (χ3n) is 4.45. The van der Waals surface area contributed by atoms with Gasteiger partial charge in [-0.25, -0.2) is 0 Å². The summed E-state index contributed by atoms with van der Waals surface area (Å²) in [7, 11) is 0. The van der Waals surface area contributed by atoms with Gasteiger partial charge in [0.05, 0.1) is 5.56 Å². The molecule has 0 saturated carbocycles. The third-order valence-corrected chi connectivity index (χ3v) is 4.70. The van der Waals surface area contributed by atoms with Gasteiger partial charge in [0.2, 0.25) is 0 Å². The van der Waals surface area contributed by atoms with E-state index in [-0.39, 0.29) is 5.91 Å². The van der Waals surface area contributed by atoms with Gasteiger partial charge in [0, 0.05) is 10.7 Å². The van der Waals surface area contributed by atoms with Crippen LogP contribution in [0.4, 0.5) is 5.69 Å². The monoisotopic (exact) mass is 387 g/mol. The number of carbonyl (C=O) groups excluding carboxylic acids is 1. The van der Waals surface area contributed by atoms with Crippen molar-refractivity contribution in [2.24, 2.45) is 0 Å². The number of halogens is 1. The lowest BCUT2D eigenvalue weighted by Gasteiger charge is -2.12. The summed E-state index contributed by atoms with van der Waals surface area (Å²) in [6, 6.07) is 28.6. The highest BCUT2D eigenvalue weighted by Gasteiger charge is 2.13. The largest absolute Gasteiger partial charge is 0.488 e. The summed E-state index contributed by atoms with van der Waals surface area (Å²) in [6.07, 6.45) is 0. The number of amides is 1. The maximum atomic E-state index is 12.8. The Morgan fingerprint density at radius 1 is 0.821 bits per heavy atom. The Morgan fingerprint density at radius 3 is 2.36 bits per heavy atom. The van der Waals surface area contributed by atoms with Gasteiger partial charge in [-0.3, -0.25) is 4.79 Å². The Morgan fingerprint density at radius 2 is 1.54 bits per heavy atom. The molecule has 0 aliphatic carbocycles. The number of nitrogens with one attached hydrogen (secondary N) is 1. The van der Waals surface area contributed by atoms with E-state index in [1.54, 1.807) is 12.1 Å². The van der Waals surface area contributed by atoms with Gasteiger partial charge in [0.1, 0.15) is 12.4 Å². The molecule has 0 aromatic heterocycles. The lowest BCUT2D eigenvalue weighted by Crippen LogP contribution is -2.13. The van der Waals surface area contributed by atoms with Gasteiger partial charge in [-0.05, 0) is 52.7 Å². The van der Waals surface area contributed by atoms with Crippen LogP contribution in [0.3, 0.4) is 0 Å². The van der Waals surface area contributed by atoms with Crippen molar-refractivity contribution in [3.8, 4) is 5.75 Å². The second-order valence-corrected chi connectivity index (χ2v) is 6.86. The van der Waals surface area contributed by atoms with E-state index in [1.807, 2.05) is 78.9 Å². The molecule has 0 unspecified atom stereocenters. The summed E-state index contributed by atoms with van der Waals surface area (Å²) < 4.78 is 5.89. The number of para-hydroxylation sites is 1. The van der Waals surface area contributed by atoms with E-state index >= 15 is 0 Å². The van der Waals surface area contributed by atoms with Gasteiger partial charge < -0.3 is 10.1 Å². The Labute approximate surface area is 168 Å². The van der Waals surface area contributed by atoms with Gasteiger partial charge in [-0.2, -0.15) is 0 Å². The van der Waals surface area contributed by atoms with Crippen molar-refractivity contribution < 1.29 is 9.53 Å². The molecule has 0 heterocycles. The lowest BCUT2D eigenvalue weighted by atomic mass is 10.1. The average molecular weight is 388 g/mol. The SMILES string of the molecule is O=C(Nc1ccc2ccccc2c1)c1ccccc1OCc1ccc(Cl)cc1. The molecule has 0 fully saturated rings. The Balaban J connectivity index is 1.51. The molecule has 4 aromatic carbocycles. The van der Waals surface area contributed by atoms with Crippen molar-refractivity contribution in [1.82, 2.24) is 0 Å². The maximum Gasteiger partial charge on any atom is 0.259 e. The quantitative estimate of drug-likeness (QED) is 0.435. The molecule has 4 heteroatoms. The highest BCUT2D eigenvalue weighted by Crippen LogP contribution is 2.23. The van der Waals surface area contributed by atoms with Crippen LogP contribution in [0.25, 0.3) is 10.8 Å². The lowest BCUT2D eigenvalue weighted by molar-refractivity contribution is 0.102. The summed E-state index contributed by atoms with van der Waals surface area (Å²) in [4.78, 5) is 12.8. The number of ether oxygens (including phenoxy) is 1. The number of hydrogen-bond acceptors (Lipinski definition) is 2. The summed E-state index contributed by atoms with van der Waals surface area (Å²) >= 11 is 5.92. The molecule has 0 spiro atoms. The van der Waals surface area contributed by atoms with Crippen molar-refractivity contribution >= 4 is 34.0 Å². The molecule has 0 bridgehead atoms. The zero-order chi connectivity index (χ0) is 19.3. The van der Waals surface area contributed by atoms with Crippen LogP contribution in [0.5, 0.6) is 5.75 Å². The minimum atomic E-state index is -0.206. The molecular weight excluding hydrogens is 370 g/mol. The molecule has 1 amide bonds. The molecule has 3 nitrogen and oxygen atoms in total. The van der Waals surface area contributed by atoms with Crippen LogP contribution in [0, 0.1) is 0 Å². The molecular formula is C24H18ClNO2. The van der Waals surface area contributed by atoms with Gasteiger partial charge in [0.25, 0.3) is 5.91 Å². The number of rotatable bonds is 5. The first-order chi connectivity index (χ1) is 13.7. The number of anilines is 1. The fraction of sp³-hybridized carbons (Fsp3) is 0.0417. The molecule has 1 N–H and O–H groups in total. The van der Waals surface area contributed by atoms with E-state index in [0.717, 1.165) is 22.0 Å². The molecule has 28 heavy (non-hydrogen) atoms. The normalized spacial score (nSPS) is 10.6. The first kappa shape index (κ1) is 18.1. The van der Waals surface area contributed by atoms with E-state index in [4.69, 9.17) is 16.3 Å². The summed E-state index contributed by atoms with van der Waals surface area (Å²) in [5.74, 6) is 0.331. The van der Waals surface area contributed by atoms with E-state index < -0.39 is 0 Å². The Kier molecular flexibility index (Phi) is 5.27. The predicted octanol–water partition coefficient (Wildman–Crippen LogP) is 6.32. The zero-order valence-electron chi connectivity index (χ0n) is 15.1. The number of hydrogen-bond donors (Lipinski definition) is 1. The van der Waals surface area contributed by atoms with Crippen molar-refractivity contribution in [2.75, 3.05) is 5.32 Å². The first-order valence-electron chi connectivity index (χ1n) is 8.95. The maximum absolute atomic E-state index is 12.8. The smallest absolute Gasteiger partial charge is 0.259 e. The van der Waals surface area contributed by atoms with Crippen LogP contribution in [-0.2, 0) is 6.61 Å². The van der Waals surface area contributed by atoms with Crippen molar-refractivity contribution in [1.29, 1.82) is 0 Å². The predicted molar refractivity (Wildman–Crippen MR) is 114 cm³/mol. The van der Waals surface area contributed by atoms with E-state index in [0.29, 0.717) is 22.9 Å². The average Bonchev–Trinajstić information content (AvgIpc) is 2.73. The van der Waals surface area contributed by atoms with Crippen LogP contribution >= 0.6 is 11.6 Å². The highest BCUT2D eigenvalue weighted by atomic mass is 35.5. The van der Waals surface area contributed by atoms with E-state index in [9.17, 15) is 4.79 Å². The van der Waals surface area contributed by atoms with Crippen LogP contribution < -0.4 is 10.1 Å². The van der Waals surface area contributed by atoms with E-state index in [2.05, 4.69) is 5.32 Å². The van der Waals surface area contributed by atoms with Crippen LogP contribution in [0.1, 0.15) is 15.9 Å². The third kappa shape index (κ3) is 4.16. The Hall–Kier alpha value is -3.30. The summed E-state index contributed by atoms with van der Waals surface area (Å²) in [5, 5.41) is 5.85. The first-order valence-corrected chi connectivity index (χ1v) is 9.33. The minimum absolute atomic E-state index is 0.206. The molecule has 0 saturated heterocycles. The molecule has 138 valence electrons. The number of benzene rings is 4. The topological polar surface area (TPSA) is 38.3 Å². The van der Waals surface area contributed by atoms with Crippen LogP contribution in [0.2, 0.25) is 5.02 Å². The van der Waals surface area contributed by atoms with Gasteiger partial charge in [0.15, 0.2) is 0 Å². The zero-order valence-corrected chi connectivity index (χ0v) is 15.8. The molecule has 4 rings (SSSR count). The van der Waals surface area contributed by atoms with Gasteiger partial charge in [-0.15, -0.1) is 0 Å². The minimum Gasteiger partial charge on any atom is -0.488 e. The van der Waals surface area contributed by atoms with E-state index in [1.165, 1.54) is 0 Å². The van der Waals surface area contributed by atoms with Crippen molar-refractivity contribution in [3.63, 3.8) is 0 Å². The van der Waals surface area contributed by atoms with Crippen LogP contribution in [-0.4, -0.2) is 5.91 Å². The van der Waals surface area contributed by atoms with Gasteiger partial charge >= 0.3 is 0 Å². The number of fused-ring (bicyclic) bond motifs is 1. The molecule has 0 aliphatic heterocycles. The fourth-order valence-electron chi connectivity index (χ4n) is 2.99. The Bertz CT molecular complexity index is 1120. The number of carbonyl (C=O) groups is 1. The fourth-order valence-corrected chi connectivity index (χ4v) is 3.11. The van der Waals surface area contributed by atoms with Crippen molar-refractivity contribution in [2.45, 2.75) is 6.61 Å². The standard InChI is InChI=1S/C24H18ClNO2/c25-20-12-9-17(10-13-20)16-28-23-8-4-3-7-22(23)24(27)26-21-14-11-18-5-1-2-6-19(18)15-21/h1-15H,16H2,(H,26,27).